The highest BCUT2D eigenvalue weighted by Crippen LogP contribution is 2.12. The van der Waals surface area contributed by atoms with Crippen LogP contribution in [0.4, 0.5) is 0 Å². The first kappa shape index (κ1) is 15.9. The standard InChI is InChI=1S/C16H20O4/c1-18-10-6-9-15(11-17)16(19-2)13-20-12-14-7-4-3-5-8-14/h3-10,13,17H,11-12H2,1-2H3/b10-6+,15-9-,16-13-. The summed E-state index contributed by atoms with van der Waals surface area (Å²) < 4.78 is 15.5. The lowest BCUT2D eigenvalue weighted by Crippen LogP contribution is -1.99. The van der Waals surface area contributed by atoms with Crippen LogP contribution in [-0.2, 0) is 20.8 Å². The van der Waals surface area contributed by atoms with E-state index in [1.54, 1.807) is 19.3 Å². The molecule has 0 amide bonds. The first-order chi connectivity index (χ1) is 9.81. The highest BCUT2D eigenvalue weighted by molar-refractivity contribution is 5.28. The largest absolute Gasteiger partial charge is 0.504 e. The smallest absolute Gasteiger partial charge is 0.158 e. The highest BCUT2D eigenvalue weighted by atomic mass is 16.5. The summed E-state index contributed by atoms with van der Waals surface area (Å²) in [6.07, 6.45) is 6.38. The van der Waals surface area contributed by atoms with E-state index in [2.05, 4.69) is 0 Å². The molecule has 20 heavy (non-hydrogen) atoms. The summed E-state index contributed by atoms with van der Waals surface area (Å²) in [4.78, 5) is 0. The Morgan fingerprint density at radius 2 is 1.95 bits per heavy atom. The van der Waals surface area contributed by atoms with Gasteiger partial charge in [0.05, 0.1) is 27.1 Å². The Morgan fingerprint density at radius 3 is 2.55 bits per heavy atom. The topological polar surface area (TPSA) is 47.9 Å². The van der Waals surface area contributed by atoms with E-state index in [9.17, 15) is 5.11 Å². The van der Waals surface area contributed by atoms with E-state index in [0.717, 1.165) is 5.56 Å². The molecule has 4 heteroatoms. The molecule has 0 saturated heterocycles. The zero-order valence-electron chi connectivity index (χ0n) is 11.8. The summed E-state index contributed by atoms with van der Waals surface area (Å²) >= 11 is 0. The van der Waals surface area contributed by atoms with E-state index >= 15 is 0 Å². The predicted molar refractivity (Wildman–Crippen MR) is 77.6 cm³/mol. The number of rotatable bonds is 8. The van der Waals surface area contributed by atoms with Gasteiger partial charge in [-0.05, 0) is 17.7 Å². The van der Waals surface area contributed by atoms with E-state index in [1.165, 1.54) is 19.6 Å². The molecule has 0 saturated carbocycles. The second-order valence-corrected chi connectivity index (χ2v) is 3.90. The molecule has 108 valence electrons. The van der Waals surface area contributed by atoms with Crippen molar-refractivity contribution in [2.45, 2.75) is 6.61 Å². The Morgan fingerprint density at radius 1 is 1.20 bits per heavy atom. The van der Waals surface area contributed by atoms with Gasteiger partial charge >= 0.3 is 0 Å². The number of benzene rings is 1. The molecule has 0 bridgehead atoms. The molecule has 0 atom stereocenters. The van der Waals surface area contributed by atoms with E-state index in [1.807, 2.05) is 30.3 Å². The number of aliphatic hydroxyl groups excluding tert-OH is 1. The quantitative estimate of drug-likeness (QED) is 0.586. The lowest BCUT2D eigenvalue weighted by Gasteiger charge is -2.09. The van der Waals surface area contributed by atoms with Gasteiger partial charge in [0.1, 0.15) is 12.9 Å². The van der Waals surface area contributed by atoms with Gasteiger partial charge in [-0.15, -0.1) is 0 Å². The third-order valence-electron chi connectivity index (χ3n) is 2.50. The molecule has 0 heterocycles. The molecule has 0 radical (unpaired) electrons. The summed E-state index contributed by atoms with van der Waals surface area (Å²) in [6, 6.07) is 9.81. The van der Waals surface area contributed by atoms with Crippen LogP contribution in [0.1, 0.15) is 5.56 Å². The van der Waals surface area contributed by atoms with Crippen LogP contribution in [0, 0.1) is 0 Å². The van der Waals surface area contributed by atoms with Gasteiger partial charge in [-0.1, -0.05) is 30.3 Å². The van der Waals surface area contributed by atoms with Crippen molar-refractivity contribution in [1.82, 2.24) is 0 Å². The van der Waals surface area contributed by atoms with E-state index < -0.39 is 0 Å². The molecule has 4 nitrogen and oxygen atoms in total. The number of ether oxygens (including phenoxy) is 3. The maximum absolute atomic E-state index is 9.32. The van der Waals surface area contributed by atoms with Gasteiger partial charge < -0.3 is 19.3 Å². The Hall–Kier alpha value is -2.20. The zero-order chi connectivity index (χ0) is 14.6. The Labute approximate surface area is 119 Å². The van der Waals surface area contributed by atoms with E-state index in [0.29, 0.717) is 17.9 Å². The predicted octanol–water partition coefficient (Wildman–Crippen LogP) is 2.77. The second kappa shape index (κ2) is 9.69. The molecular weight excluding hydrogens is 256 g/mol. The summed E-state index contributed by atoms with van der Waals surface area (Å²) in [5.74, 6) is 0.476. The van der Waals surface area contributed by atoms with Crippen LogP contribution in [-0.4, -0.2) is 25.9 Å². The molecule has 1 aromatic carbocycles. The summed E-state index contributed by atoms with van der Waals surface area (Å²) in [5, 5.41) is 9.32. The van der Waals surface area contributed by atoms with Crippen molar-refractivity contribution >= 4 is 0 Å². The van der Waals surface area contributed by atoms with Crippen LogP contribution in [0.5, 0.6) is 0 Å². The van der Waals surface area contributed by atoms with Crippen LogP contribution in [0.15, 0.2) is 66.3 Å². The van der Waals surface area contributed by atoms with Crippen molar-refractivity contribution in [2.24, 2.45) is 0 Å². The van der Waals surface area contributed by atoms with E-state index in [4.69, 9.17) is 14.2 Å². The van der Waals surface area contributed by atoms with Crippen molar-refractivity contribution in [3.05, 3.63) is 71.9 Å². The lowest BCUT2D eigenvalue weighted by atomic mass is 10.2. The van der Waals surface area contributed by atoms with Crippen LogP contribution in [0.2, 0.25) is 0 Å². The van der Waals surface area contributed by atoms with Gasteiger partial charge in [0, 0.05) is 5.57 Å². The first-order valence-electron chi connectivity index (χ1n) is 6.21. The first-order valence-corrected chi connectivity index (χ1v) is 6.21. The van der Waals surface area contributed by atoms with Crippen LogP contribution in [0.25, 0.3) is 0 Å². The summed E-state index contributed by atoms with van der Waals surface area (Å²) in [7, 11) is 3.08. The van der Waals surface area contributed by atoms with Crippen molar-refractivity contribution < 1.29 is 19.3 Å². The highest BCUT2D eigenvalue weighted by Gasteiger charge is 2.04. The molecule has 1 N–H and O–H groups in total. The molecule has 0 fully saturated rings. The monoisotopic (exact) mass is 276 g/mol. The van der Waals surface area contributed by atoms with Crippen LogP contribution < -0.4 is 0 Å². The average Bonchev–Trinajstić information content (AvgIpc) is 2.50. The minimum absolute atomic E-state index is 0.150. The Kier molecular flexibility index (Phi) is 7.69. The molecule has 0 aromatic heterocycles. The van der Waals surface area contributed by atoms with Gasteiger partial charge in [0.15, 0.2) is 5.76 Å². The fourth-order valence-corrected chi connectivity index (χ4v) is 1.49. The number of hydrogen-bond acceptors (Lipinski definition) is 4. The van der Waals surface area contributed by atoms with Gasteiger partial charge in [-0.3, -0.25) is 0 Å². The maximum atomic E-state index is 9.32. The van der Waals surface area contributed by atoms with Gasteiger partial charge in [-0.2, -0.15) is 0 Å². The third-order valence-corrected chi connectivity index (χ3v) is 2.50. The number of hydrogen-bond donors (Lipinski definition) is 1. The molecular formula is C16H20O4. The van der Waals surface area contributed by atoms with Crippen molar-refractivity contribution in [3.8, 4) is 0 Å². The average molecular weight is 276 g/mol. The fraction of sp³-hybridized carbons (Fsp3) is 0.250. The lowest BCUT2D eigenvalue weighted by molar-refractivity contribution is 0.199. The third kappa shape index (κ3) is 5.63. The minimum atomic E-state index is -0.150. The molecule has 1 aromatic rings. The van der Waals surface area contributed by atoms with Gasteiger partial charge in [0.25, 0.3) is 0 Å². The second-order valence-electron chi connectivity index (χ2n) is 3.90. The molecule has 0 aliphatic heterocycles. The minimum Gasteiger partial charge on any atom is -0.504 e. The van der Waals surface area contributed by atoms with Gasteiger partial charge in [0.2, 0.25) is 0 Å². The van der Waals surface area contributed by atoms with Crippen molar-refractivity contribution in [2.75, 3.05) is 20.8 Å². The normalized spacial score (nSPS) is 12.6. The zero-order valence-corrected chi connectivity index (χ0v) is 11.8. The molecule has 0 unspecified atom stereocenters. The summed E-state index contributed by atoms with van der Waals surface area (Å²) in [6.45, 7) is 0.294. The van der Waals surface area contributed by atoms with Crippen LogP contribution >= 0.6 is 0 Å². The molecule has 0 aliphatic carbocycles. The SMILES string of the molecule is CO/C=C/C=C(CO)\C(=C\OCc1ccccc1)OC. The molecule has 0 aliphatic rings. The van der Waals surface area contributed by atoms with Crippen molar-refractivity contribution in [3.63, 3.8) is 0 Å². The van der Waals surface area contributed by atoms with Crippen molar-refractivity contribution in [1.29, 1.82) is 0 Å². The number of aliphatic hydroxyl groups is 1. The molecule has 0 spiro atoms. The molecule has 1 rings (SSSR count). The number of allylic oxidation sites excluding steroid dienone is 2. The Bertz CT molecular complexity index is 461. The van der Waals surface area contributed by atoms with Crippen LogP contribution in [0.3, 0.4) is 0 Å². The van der Waals surface area contributed by atoms with Gasteiger partial charge in [-0.25, -0.2) is 0 Å². The summed E-state index contributed by atoms with van der Waals surface area (Å²) in [5.41, 5.74) is 1.67. The number of methoxy groups -OCH3 is 2. The fourth-order valence-electron chi connectivity index (χ4n) is 1.49. The Balaban J connectivity index is 2.65. The van der Waals surface area contributed by atoms with E-state index in [-0.39, 0.29) is 6.61 Å². The maximum Gasteiger partial charge on any atom is 0.158 e.